The van der Waals surface area contributed by atoms with Gasteiger partial charge in [0.05, 0.1) is 17.1 Å². The van der Waals surface area contributed by atoms with Crippen LogP contribution in [0.1, 0.15) is 9.88 Å². The number of nitrogens with one attached hydrogen (secondary N) is 1. The van der Waals surface area contributed by atoms with Crippen LogP contribution in [0.5, 0.6) is 0 Å². The summed E-state index contributed by atoms with van der Waals surface area (Å²) < 4.78 is 13.1. The third-order valence-electron chi connectivity index (χ3n) is 3.62. The molecule has 0 saturated heterocycles. The lowest BCUT2D eigenvalue weighted by Crippen LogP contribution is -2.14. The number of anilines is 1. The number of aryl methyl sites for hydroxylation is 1. The predicted molar refractivity (Wildman–Crippen MR) is 103 cm³/mol. The zero-order valence-electron chi connectivity index (χ0n) is 13.9. The Labute approximate surface area is 154 Å². The Hall–Kier alpha value is -2.18. The van der Waals surface area contributed by atoms with E-state index in [1.165, 1.54) is 23.5 Å². The van der Waals surface area contributed by atoms with Crippen molar-refractivity contribution in [2.24, 2.45) is 0 Å². The molecule has 0 aliphatic rings. The number of benzene rings is 2. The molecule has 2 aromatic carbocycles. The van der Waals surface area contributed by atoms with Gasteiger partial charge in [-0.3, -0.25) is 4.79 Å². The van der Waals surface area contributed by atoms with E-state index in [9.17, 15) is 9.18 Å². The van der Waals surface area contributed by atoms with Crippen LogP contribution < -0.4 is 5.32 Å². The Morgan fingerprint density at radius 1 is 1.16 bits per heavy atom. The summed E-state index contributed by atoms with van der Waals surface area (Å²) in [5.41, 5.74) is 2.33. The molecule has 1 aromatic heterocycles. The number of aromatic nitrogens is 1. The topological polar surface area (TPSA) is 42.0 Å². The van der Waals surface area contributed by atoms with Gasteiger partial charge in [-0.1, -0.05) is 0 Å². The molecule has 0 atom stereocenters. The monoisotopic (exact) mass is 372 g/mol. The Kier molecular flexibility index (Phi) is 5.50. The van der Waals surface area contributed by atoms with E-state index in [2.05, 4.69) is 10.3 Å². The number of thioether (sulfide) groups is 1. The highest BCUT2D eigenvalue weighted by atomic mass is 32.2. The van der Waals surface area contributed by atoms with E-state index in [0.717, 1.165) is 31.7 Å². The van der Waals surface area contributed by atoms with E-state index in [4.69, 9.17) is 0 Å². The molecule has 0 fully saturated rings. The summed E-state index contributed by atoms with van der Waals surface area (Å²) in [5.74, 6) is -0.382. The predicted octanol–water partition coefficient (Wildman–Crippen LogP) is 5.16. The lowest BCUT2D eigenvalue weighted by atomic mass is 10.1. The normalized spacial score (nSPS) is 10.7. The van der Waals surface area contributed by atoms with Crippen molar-refractivity contribution < 1.29 is 9.18 Å². The van der Waals surface area contributed by atoms with Gasteiger partial charge in [-0.25, -0.2) is 9.37 Å². The van der Waals surface area contributed by atoms with Crippen molar-refractivity contribution in [2.75, 3.05) is 11.6 Å². The van der Waals surface area contributed by atoms with Crippen LogP contribution in [0.4, 0.5) is 10.1 Å². The maximum Gasteiger partial charge on any atom is 0.229 e. The van der Waals surface area contributed by atoms with Crippen molar-refractivity contribution in [3.63, 3.8) is 0 Å². The molecule has 3 aromatic rings. The van der Waals surface area contributed by atoms with Gasteiger partial charge >= 0.3 is 0 Å². The fourth-order valence-corrected chi connectivity index (χ4v) is 3.81. The lowest BCUT2D eigenvalue weighted by molar-refractivity contribution is -0.115. The van der Waals surface area contributed by atoms with Crippen molar-refractivity contribution in [3.8, 4) is 11.3 Å². The van der Waals surface area contributed by atoms with Crippen LogP contribution in [0.2, 0.25) is 0 Å². The summed E-state index contributed by atoms with van der Waals surface area (Å²) >= 11 is 3.15. The molecule has 1 amide bonds. The molecule has 1 heterocycles. The van der Waals surface area contributed by atoms with E-state index in [1.54, 1.807) is 23.9 Å². The number of nitrogens with zero attached hydrogens (tertiary/aromatic N) is 1. The third-order valence-corrected chi connectivity index (χ3v) is 5.33. The lowest BCUT2D eigenvalue weighted by Gasteiger charge is -2.06. The molecule has 3 rings (SSSR count). The summed E-state index contributed by atoms with van der Waals surface area (Å²) in [7, 11) is 0. The van der Waals surface area contributed by atoms with Crippen LogP contribution in [0, 0.1) is 12.7 Å². The standard InChI is InChI=1S/C19H17FN2OS2/c1-12-21-19(13-3-5-14(20)6-4-13)17(25-12)11-18(23)22-15-7-9-16(24-2)10-8-15/h3-10H,11H2,1-2H3,(H,22,23). The Bertz CT molecular complexity index is 873. The fourth-order valence-electron chi connectivity index (χ4n) is 2.45. The van der Waals surface area contributed by atoms with E-state index in [0.29, 0.717) is 0 Å². The number of rotatable bonds is 5. The first-order valence-electron chi connectivity index (χ1n) is 7.71. The average Bonchev–Trinajstić information content (AvgIpc) is 2.96. The zero-order chi connectivity index (χ0) is 17.8. The second kappa shape index (κ2) is 7.80. The van der Waals surface area contributed by atoms with Gasteiger partial charge in [0, 0.05) is 21.0 Å². The third kappa shape index (κ3) is 4.46. The smallest absolute Gasteiger partial charge is 0.229 e. The Morgan fingerprint density at radius 2 is 1.84 bits per heavy atom. The van der Waals surface area contributed by atoms with E-state index in [1.807, 2.05) is 37.4 Å². The van der Waals surface area contributed by atoms with E-state index >= 15 is 0 Å². The first-order chi connectivity index (χ1) is 12.0. The summed E-state index contributed by atoms with van der Waals surface area (Å²) in [6.07, 6.45) is 2.25. The van der Waals surface area contributed by atoms with Gasteiger partial charge in [0.2, 0.25) is 5.91 Å². The number of carbonyl (C=O) groups is 1. The van der Waals surface area contributed by atoms with Crippen LogP contribution in [-0.4, -0.2) is 17.1 Å². The molecule has 3 nitrogen and oxygen atoms in total. The number of hydrogen-bond acceptors (Lipinski definition) is 4. The number of hydrogen-bond donors (Lipinski definition) is 1. The van der Waals surface area contributed by atoms with Gasteiger partial charge in [-0.2, -0.15) is 0 Å². The number of carbonyl (C=O) groups excluding carboxylic acids is 1. The van der Waals surface area contributed by atoms with Gasteiger partial charge in [0.25, 0.3) is 0 Å². The van der Waals surface area contributed by atoms with Gasteiger partial charge in [0.15, 0.2) is 0 Å². The maximum absolute atomic E-state index is 13.1. The van der Waals surface area contributed by atoms with Crippen LogP contribution >= 0.6 is 23.1 Å². The van der Waals surface area contributed by atoms with E-state index < -0.39 is 0 Å². The van der Waals surface area contributed by atoms with Gasteiger partial charge in [-0.05, 0) is 61.7 Å². The molecule has 0 spiro atoms. The highest BCUT2D eigenvalue weighted by molar-refractivity contribution is 7.98. The van der Waals surface area contributed by atoms with Crippen molar-refractivity contribution in [2.45, 2.75) is 18.2 Å². The van der Waals surface area contributed by atoms with Crippen molar-refractivity contribution >= 4 is 34.7 Å². The van der Waals surface area contributed by atoms with Crippen LogP contribution in [0.15, 0.2) is 53.4 Å². The minimum absolute atomic E-state index is 0.0936. The number of halogens is 1. The minimum atomic E-state index is -0.288. The summed E-state index contributed by atoms with van der Waals surface area (Å²) in [5, 5.41) is 3.79. The SMILES string of the molecule is CSc1ccc(NC(=O)Cc2sc(C)nc2-c2ccc(F)cc2)cc1. The van der Waals surface area contributed by atoms with Crippen LogP contribution in [0.3, 0.4) is 0 Å². The largest absolute Gasteiger partial charge is 0.326 e. The first kappa shape index (κ1) is 17.6. The summed E-state index contributed by atoms with van der Waals surface area (Å²) in [4.78, 5) is 18.9. The second-order valence-corrected chi connectivity index (χ2v) is 7.63. The molecule has 128 valence electrons. The Morgan fingerprint density at radius 3 is 2.48 bits per heavy atom. The van der Waals surface area contributed by atoms with Crippen molar-refractivity contribution in [1.29, 1.82) is 0 Å². The minimum Gasteiger partial charge on any atom is -0.326 e. The number of thiazole rings is 1. The highest BCUT2D eigenvalue weighted by Crippen LogP contribution is 2.29. The molecule has 6 heteroatoms. The van der Waals surface area contributed by atoms with Gasteiger partial charge < -0.3 is 5.32 Å². The summed E-state index contributed by atoms with van der Waals surface area (Å²) in [6.45, 7) is 1.90. The molecule has 0 aliphatic carbocycles. The fraction of sp³-hybridized carbons (Fsp3) is 0.158. The molecule has 0 bridgehead atoms. The Balaban J connectivity index is 1.75. The van der Waals surface area contributed by atoms with Crippen LogP contribution in [0.25, 0.3) is 11.3 Å². The molecule has 0 radical (unpaired) electrons. The van der Waals surface area contributed by atoms with Crippen molar-refractivity contribution in [3.05, 3.63) is 64.2 Å². The highest BCUT2D eigenvalue weighted by Gasteiger charge is 2.15. The molecule has 0 saturated carbocycles. The van der Waals surface area contributed by atoms with Gasteiger partial charge in [-0.15, -0.1) is 23.1 Å². The second-order valence-electron chi connectivity index (χ2n) is 5.47. The molecule has 0 aliphatic heterocycles. The molecule has 0 unspecified atom stereocenters. The molecular weight excluding hydrogens is 355 g/mol. The van der Waals surface area contributed by atoms with Gasteiger partial charge in [0.1, 0.15) is 5.82 Å². The quantitative estimate of drug-likeness (QED) is 0.629. The van der Waals surface area contributed by atoms with Crippen LogP contribution in [-0.2, 0) is 11.2 Å². The number of amides is 1. The molecule has 25 heavy (non-hydrogen) atoms. The van der Waals surface area contributed by atoms with Crippen molar-refractivity contribution in [1.82, 2.24) is 4.98 Å². The first-order valence-corrected chi connectivity index (χ1v) is 9.75. The average molecular weight is 372 g/mol. The van der Waals surface area contributed by atoms with E-state index in [-0.39, 0.29) is 18.1 Å². The molecule has 1 N–H and O–H groups in total. The maximum atomic E-state index is 13.1. The zero-order valence-corrected chi connectivity index (χ0v) is 15.5. The molecular formula is C19H17FN2OS2. The summed E-state index contributed by atoms with van der Waals surface area (Å²) in [6, 6.07) is 13.9.